The molecule has 2 aliphatic rings. The maximum atomic E-state index is 8.95. The van der Waals surface area contributed by atoms with E-state index in [1.54, 1.807) is 0 Å². The summed E-state index contributed by atoms with van der Waals surface area (Å²) in [7, 11) is 0. The van der Waals surface area contributed by atoms with Crippen molar-refractivity contribution in [1.29, 1.82) is 5.26 Å². The van der Waals surface area contributed by atoms with Crippen molar-refractivity contribution in [3.05, 3.63) is 17.5 Å². The highest BCUT2D eigenvalue weighted by molar-refractivity contribution is 5.90. The first-order chi connectivity index (χ1) is 14.6. The van der Waals surface area contributed by atoms with Crippen LogP contribution < -0.4 is 10.6 Å². The topological polar surface area (TPSA) is 134 Å². The van der Waals surface area contributed by atoms with Crippen molar-refractivity contribution in [2.75, 3.05) is 17.2 Å². The van der Waals surface area contributed by atoms with Crippen LogP contribution in [0.15, 0.2) is 6.07 Å². The molecule has 0 spiro atoms. The number of nitriles is 1. The molecule has 2 saturated heterocycles. The number of anilines is 3. The molecule has 10 heteroatoms. The lowest BCUT2D eigenvalue weighted by Gasteiger charge is -2.39. The van der Waals surface area contributed by atoms with Crippen LogP contribution in [0.4, 0.5) is 17.6 Å². The minimum Gasteiger partial charge on any atom is -0.366 e. The predicted octanol–water partition coefficient (Wildman–Crippen LogP) is 2.76. The van der Waals surface area contributed by atoms with Gasteiger partial charge in [0.25, 0.3) is 0 Å². The number of H-pyrrole nitrogens is 2. The molecule has 30 heavy (non-hydrogen) atoms. The van der Waals surface area contributed by atoms with E-state index in [0.29, 0.717) is 42.0 Å². The summed E-state index contributed by atoms with van der Waals surface area (Å²) in [5.74, 6) is 1.96. The van der Waals surface area contributed by atoms with Crippen LogP contribution in [0.2, 0.25) is 0 Å². The van der Waals surface area contributed by atoms with Crippen LogP contribution in [-0.4, -0.2) is 59.9 Å². The molecule has 3 aromatic rings. The van der Waals surface area contributed by atoms with Gasteiger partial charge < -0.3 is 10.6 Å². The van der Waals surface area contributed by atoms with Gasteiger partial charge in [-0.1, -0.05) is 0 Å². The van der Waals surface area contributed by atoms with Gasteiger partial charge in [-0.15, -0.1) is 0 Å². The normalized spacial score (nSPS) is 23.6. The van der Waals surface area contributed by atoms with Crippen molar-refractivity contribution in [1.82, 2.24) is 35.3 Å². The minimum atomic E-state index is 0.341. The molecule has 3 aromatic heterocycles. The molecule has 0 saturated carbocycles. The van der Waals surface area contributed by atoms with Crippen LogP contribution in [0, 0.1) is 25.2 Å². The van der Waals surface area contributed by atoms with Crippen LogP contribution in [0.3, 0.4) is 0 Å². The standard InChI is InChI=1S/C20H26N10/c1-11-8-16(28-26-11)23-20-24-18(17-12(2)27-29-19(17)25-20)22-13-9-14-4-5-15(10-13)30(14)7-3-6-21/h8,13-15H,3-5,7,9-10H2,1-2H3,(H4,22,23,24,25,26,27,28,29)/t13-,14-,15?/m0/s1. The summed E-state index contributed by atoms with van der Waals surface area (Å²) in [6.07, 6.45) is 5.15. The zero-order valence-electron chi connectivity index (χ0n) is 17.2. The van der Waals surface area contributed by atoms with Crippen molar-refractivity contribution in [3.8, 4) is 6.07 Å². The molecule has 2 aliphatic heterocycles. The third-order valence-corrected chi connectivity index (χ3v) is 6.25. The van der Waals surface area contributed by atoms with E-state index < -0.39 is 0 Å². The molecule has 4 N–H and O–H groups in total. The lowest BCUT2D eigenvalue weighted by Crippen LogP contribution is -2.47. The van der Waals surface area contributed by atoms with Crippen molar-refractivity contribution in [2.24, 2.45) is 0 Å². The van der Waals surface area contributed by atoms with E-state index in [1.807, 2.05) is 19.9 Å². The molecule has 0 aliphatic carbocycles. The third kappa shape index (κ3) is 3.45. The average Bonchev–Trinajstić information content (AvgIpc) is 3.36. The van der Waals surface area contributed by atoms with Gasteiger partial charge in [-0.2, -0.15) is 25.4 Å². The lowest BCUT2D eigenvalue weighted by molar-refractivity contribution is 0.136. The van der Waals surface area contributed by atoms with Gasteiger partial charge in [-0.05, 0) is 39.5 Å². The van der Waals surface area contributed by atoms with Gasteiger partial charge in [-0.3, -0.25) is 15.1 Å². The van der Waals surface area contributed by atoms with Gasteiger partial charge in [-0.25, -0.2) is 0 Å². The van der Waals surface area contributed by atoms with E-state index in [2.05, 4.69) is 47.0 Å². The number of nitrogens with zero attached hydrogens (tertiary/aromatic N) is 6. The molecule has 3 atom stereocenters. The fourth-order valence-electron chi connectivity index (χ4n) is 4.96. The molecular formula is C20H26N10. The number of rotatable bonds is 6. The highest BCUT2D eigenvalue weighted by Gasteiger charge is 2.40. The number of hydrogen-bond donors (Lipinski definition) is 4. The van der Waals surface area contributed by atoms with Gasteiger partial charge in [0.05, 0.1) is 17.1 Å². The average molecular weight is 406 g/mol. The van der Waals surface area contributed by atoms with Gasteiger partial charge in [0, 0.05) is 42.9 Å². The zero-order chi connectivity index (χ0) is 20.7. The Labute approximate surface area is 174 Å². The first kappa shape index (κ1) is 18.8. The van der Waals surface area contributed by atoms with E-state index in [1.165, 1.54) is 12.8 Å². The molecule has 2 fully saturated rings. The minimum absolute atomic E-state index is 0.341. The number of aryl methyl sites for hydroxylation is 2. The van der Waals surface area contributed by atoms with E-state index in [4.69, 9.17) is 10.2 Å². The smallest absolute Gasteiger partial charge is 0.232 e. The molecule has 10 nitrogen and oxygen atoms in total. The van der Waals surface area contributed by atoms with Crippen LogP contribution in [0.25, 0.3) is 11.0 Å². The molecule has 0 aromatic carbocycles. The first-order valence-corrected chi connectivity index (χ1v) is 10.5. The molecule has 2 bridgehead atoms. The Hall–Kier alpha value is -3.19. The third-order valence-electron chi connectivity index (χ3n) is 6.25. The quantitative estimate of drug-likeness (QED) is 0.491. The SMILES string of the molecule is Cc1cc(Nc2nc(N[C@@H]3CC4CC[C@@H](C3)N4CCC#N)c3c(C)n[nH]c3n2)n[nH]1. The largest absolute Gasteiger partial charge is 0.366 e. The molecule has 5 rings (SSSR count). The zero-order valence-corrected chi connectivity index (χ0v) is 17.2. The molecule has 0 radical (unpaired) electrons. The van der Waals surface area contributed by atoms with E-state index in [9.17, 15) is 0 Å². The summed E-state index contributed by atoms with van der Waals surface area (Å²) in [5, 5.41) is 31.2. The van der Waals surface area contributed by atoms with E-state index >= 15 is 0 Å². The van der Waals surface area contributed by atoms with Gasteiger partial charge in [0.1, 0.15) is 5.82 Å². The Morgan fingerprint density at radius 1 is 1.17 bits per heavy atom. The van der Waals surface area contributed by atoms with Crippen molar-refractivity contribution >= 4 is 28.6 Å². The summed E-state index contributed by atoms with van der Waals surface area (Å²) in [6, 6.07) is 5.63. The van der Waals surface area contributed by atoms with Crippen LogP contribution in [0.1, 0.15) is 43.5 Å². The van der Waals surface area contributed by atoms with Gasteiger partial charge in [0.2, 0.25) is 5.95 Å². The summed E-state index contributed by atoms with van der Waals surface area (Å²) >= 11 is 0. The van der Waals surface area contributed by atoms with E-state index in [0.717, 1.165) is 42.0 Å². The Kier molecular flexibility index (Phi) is 4.75. The number of fused-ring (bicyclic) bond motifs is 3. The highest BCUT2D eigenvalue weighted by Crippen LogP contribution is 2.37. The second kappa shape index (κ2) is 7.57. The molecule has 1 unspecified atom stereocenters. The summed E-state index contributed by atoms with van der Waals surface area (Å²) in [5.41, 5.74) is 2.55. The maximum Gasteiger partial charge on any atom is 0.232 e. The number of aromatic nitrogens is 6. The number of hydrogen-bond acceptors (Lipinski definition) is 8. The second-order valence-electron chi connectivity index (χ2n) is 8.33. The van der Waals surface area contributed by atoms with Crippen LogP contribution in [-0.2, 0) is 0 Å². The fourth-order valence-corrected chi connectivity index (χ4v) is 4.96. The monoisotopic (exact) mass is 406 g/mol. The molecular weight excluding hydrogens is 380 g/mol. The number of aromatic amines is 2. The Balaban J connectivity index is 1.39. The first-order valence-electron chi connectivity index (χ1n) is 10.5. The van der Waals surface area contributed by atoms with Crippen LogP contribution >= 0.6 is 0 Å². The summed E-state index contributed by atoms with van der Waals surface area (Å²) in [6.45, 7) is 4.80. The Morgan fingerprint density at radius 3 is 2.67 bits per heavy atom. The Morgan fingerprint density at radius 2 is 1.97 bits per heavy atom. The fraction of sp³-hybridized carbons (Fsp3) is 0.550. The van der Waals surface area contributed by atoms with Crippen molar-refractivity contribution in [3.63, 3.8) is 0 Å². The Bertz CT molecular complexity index is 1080. The van der Waals surface area contributed by atoms with E-state index in [-0.39, 0.29) is 0 Å². The van der Waals surface area contributed by atoms with Crippen LogP contribution in [0.5, 0.6) is 0 Å². The molecule has 5 heterocycles. The molecule has 0 amide bonds. The van der Waals surface area contributed by atoms with Gasteiger partial charge >= 0.3 is 0 Å². The summed E-state index contributed by atoms with van der Waals surface area (Å²) in [4.78, 5) is 11.9. The van der Waals surface area contributed by atoms with Crippen molar-refractivity contribution < 1.29 is 0 Å². The second-order valence-corrected chi connectivity index (χ2v) is 8.33. The van der Waals surface area contributed by atoms with Crippen molar-refractivity contribution in [2.45, 2.75) is 64.1 Å². The molecule has 156 valence electrons. The predicted molar refractivity (Wildman–Crippen MR) is 113 cm³/mol. The lowest BCUT2D eigenvalue weighted by atomic mass is 9.97. The maximum absolute atomic E-state index is 8.95. The highest BCUT2D eigenvalue weighted by atomic mass is 15.3. The number of piperidine rings is 1. The van der Waals surface area contributed by atoms with Gasteiger partial charge in [0.15, 0.2) is 11.5 Å². The summed E-state index contributed by atoms with van der Waals surface area (Å²) < 4.78 is 0. The number of nitrogens with one attached hydrogen (secondary N) is 4.